The Balaban J connectivity index is 2.35. The zero-order valence-corrected chi connectivity index (χ0v) is 10.4. The van der Waals surface area contributed by atoms with Crippen molar-refractivity contribution in [2.45, 2.75) is 19.4 Å². The number of carbonyl (C=O) groups is 1. The molecule has 1 atom stereocenters. The first kappa shape index (κ1) is 13.8. The lowest BCUT2D eigenvalue weighted by atomic mass is 10.2. The smallest absolute Gasteiger partial charge is 0.308 e. The summed E-state index contributed by atoms with van der Waals surface area (Å²) in [5, 5.41) is 13.1. The maximum atomic E-state index is 11.1. The third-order valence-electron chi connectivity index (χ3n) is 2.11. The summed E-state index contributed by atoms with van der Waals surface area (Å²) in [6, 6.07) is 7.22. The van der Waals surface area contributed by atoms with E-state index in [0.717, 1.165) is 5.69 Å². The fourth-order valence-electron chi connectivity index (χ4n) is 1.32. The van der Waals surface area contributed by atoms with Gasteiger partial charge in [-0.1, -0.05) is 23.7 Å². The number of esters is 1. The third-order valence-corrected chi connectivity index (χ3v) is 2.44. The van der Waals surface area contributed by atoms with Crippen LogP contribution in [-0.4, -0.2) is 30.3 Å². The fraction of sp³-hybridized carbons (Fsp3) is 0.417. The number of para-hydroxylation sites is 1. The average molecular weight is 258 g/mol. The van der Waals surface area contributed by atoms with Crippen LogP contribution in [0.2, 0.25) is 5.02 Å². The second-order valence-corrected chi connectivity index (χ2v) is 3.93. The van der Waals surface area contributed by atoms with E-state index >= 15 is 0 Å². The maximum Gasteiger partial charge on any atom is 0.308 e. The van der Waals surface area contributed by atoms with E-state index in [2.05, 4.69) is 5.32 Å². The van der Waals surface area contributed by atoms with E-state index in [1.807, 2.05) is 12.1 Å². The number of aliphatic hydroxyl groups is 1. The number of halogens is 1. The van der Waals surface area contributed by atoms with Crippen molar-refractivity contribution in [2.75, 3.05) is 18.5 Å². The van der Waals surface area contributed by atoms with Gasteiger partial charge in [-0.2, -0.15) is 0 Å². The third kappa shape index (κ3) is 5.06. The molecule has 0 spiro atoms. The molecule has 0 fully saturated rings. The van der Waals surface area contributed by atoms with E-state index in [1.165, 1.54) is 0 Å². The van der Waals surface area contributed by atoms with Crippen LogP contribution in [-0.2, 0) is 9.53 Å². The number of aliphatic hydroxyl groups excluding tert-OH is 1. The van der Waals surface area contributed by atoms with Gasteiger partial charge in [0.15, 0.2) is 0 Å². The molecule has 0 aliphatic rings. The highest BCUT2D eigenvalue weighted by molar-refractivity contribution is 6.33. The molecule has 17 heavy (non-hydrogen) atoms. The van der Waals surface area contributed by atoms with Crippen LogP contribution in [0.4, 0.5) is 5.69 Å². The first-order valence-electron chi connectivity index (χ1n) is 5.45. The molecule has 0 aliphatic heterocycles. The molecule has 1 unspecified atom stereocenters. The molecule has 0 aliphatic carbocycles. The number of hydrogen-bond acceptors (Lipinski definition) is 4. The summed E-state index contributed by atoms with van der Waals surface area (Å²) < 4.78 is 4.74. The highest BCUT2D eigenvalue weighted by atomic mass is 35.5. The van der Waals surface area contributed by atoms with Gasteiger partial charge in [-0.3, -0.25) is 4.79 Å². The summed E-state index contributed by atoms with van der Waals surface area (Å²) in [6.07, 6.45) is -0.809. The molecule has 5 heteroatoms. The van der Waals surface area contributed by atoms with Gasteiger partial charge >= 0.3 is 5.97 Å². The van der Waals surface area contributed by atoms with Gasteiger partial charge in [0.1, 0.15) is 0 Å². The van der Waals surface area contributed by atoms with Crippen molar-refractivity contribution in [1.29, 1.82) is 0 Å². The van der Waals surface area contributed by atoms with E-state index in [0.29, 0.717) is 11.6 Å². The highest BCUT2D eigenvalue weighted by Gasteiger charge is 2.11. The van der Waals surface area contributed by atoms with Crippen LogP contribution in [0.3, 0.4) is 0 Å². The van der Waals surface area contributed by atoms with Crippen molar-refractivity contribution in [1.82, 2.24) is 0 Å². The Kier molecular flexibility index (Phi) is 5.80. The molecule has 0 radical (unpaired) electrons. The van der Waals surface area contributed by atoms with Crippen LogP contribution in [0.5, 0.6) is 0 Å². The predicted octanol–water partition coefficient (Wildman–Crippen LogP) is 2.07. The van der Waals surface area contributed by atoms with Crippen molar-refractivity contribution in [3.8, 4) is 0 Å². The summed E-state index contributed by atoms with van der Waals surface area (Å²) in [5.41, 5.74) is 0.733. The molecular formula is C12H16ClNO3. The van der Waals surface area contributed by atoms with E-state index < -0.39 is 12.1 Å². The van der Waals surface area contributed by atoms with E-state index in [4.69, 9.17) is 16.3 Å². The Morgan fingerprint density at radius 3 is 2.88 bits per heavy atom. The summed E-state index contributed by atoms with van der Waals surface area (Å²) >= 11 is 5.93. The number of rotatable bonds is 6. The second-order valence-electron chi connectivity index (χ2n) is 3.52. The van der Waals surface area contributed by atoms with Gasteiger partial charge in [-0.15, -0.1) is 0 Å². The van der Waals surface area contributed by atoms with Crippen molar-refractivity contribution in [3.05, 3.63) is 29.3 Å². The minimum atomic E-state index is -0.787. The molecule has 4 nitrogen and oxygen atoms in total. The van der Waals surface area contributed by atoms with Gasteiger partial charge in [0.05, 0.1) is 29.8 Å². The standard InChI is InChI=1S/C12H16ClNO3/c1-2-17-12(16)7-9(15)8-14-11-6-4-3-5-10(11)13/h3-6,9,14-15H,2,7-8H2,1H3. The molecule has 1 aromatic rings. The van der Waals surface area contributed by atoms with Crippen LogP contribution in [0.15, 0.2) is 24.3 Å². The van der Waals surface area contributed by atoms with E-state index in [1.54, 1.807) is 19.1 Å². The van der Waals surface area contributed by atoms with Crippen molar-refractivity contribution in [3.63, 3.8) is 0 Å². The number of ether oxygens (including phenoxy) is 1. The molecule has 1 aromatic carbocycles. The number of carbonyl (C=O) groups excluding carboxylic acids is 1. The first-order valence-corrected chi connectivity index (χ1v) is 5.83. The molecule has 0 saturated heterocycles. The quantitative estimate of drug-likeness (QED) is 0.766. The van der Waals surface area contributed by atoms with E-state index in [9.17, 15) is 9.90 Å². The fourth-order valence-corrected chi connectivity index (χ4v) is 1.52. The predicted molar refractivity (Wildman–Crippen MR) is 67.2 cm³/mol. The monoisotopic (exact) mass is 257 g/mol. The highest BCUT2D eigenvalue weighted by Crippen LogP contribution is 2.20. The van der Waals surface area contributed by atoms with Gasteiger partial charge in [-0.25, -0.2) is 0 Å². The lowest BCUT2D eigenvalue weighted by Crippen LogP contribution is -2.23. The molecule has 0 heterocycles. The van der Waals surface area contributed by atoms with Crippen LogP contribution >= 0.6 is 11.6 Å². The number of anilines is 1. The van der Waals surface area contributed by atoms with Crippen LogP contribution in [0, 0.1) is 0 Å². The second kappa shape index (κ2) is 7.14. The largest absolute Gasteiger partial charge is 0.466 e. The van der Waals surface area contributed by atoms with Crippen molar-refractivity contribution >= 4 is 23.3 Å². The number of benzene rings is 1. The Labute approximate surface area is 106 Å². The summed E-state index contributed by atoms with van der Waals surface area (Å²) in [4.78, 5) is 11.1. The van der Waals surface area contributed by atoms with Gasteiger partial charge in [0.25, 0.3) is 0 Å². The Bertz CT molecular complexity index is 371. The maximum absolute atomic E-state index is 11.1. The van der Waals surface area contributed by atoms with Gasteiger partial charge in [-0.05, 0) is 19.1 Å². The Morgan fingerprint density at radius 2 is 2.24 bits per heavy atom. The topological polar surface area (TPSA) is 58.6 Å². The molecule has 0 aromatic heterocycles. The summed E-state index contributed by atoms with van der Waals surface area (Å²) in [7, 11) is 0. The van der Waals surface area contributed by atoms with Gasteiger partial charge < -0.3 is 15.2 Å². The van der Waals surface area contributed by atoms with Gasteiger partial charge in [0, 0.05) is 6.54 Å². The zero-order chi connectivity index (χ0) is 12.7. The lowest BCUT2D eigenvalue weighted by molar-refractivity contribution is -0.145. The SMILES string of the molecule is CCOC(=O)CC(O)CNc1ccccc1Cl. The van der Waals surface area contributed by atoms with Gasteiger partial charge in [0.2, 0.25) is 0 Å². The summed E-state index contributed by atoms with van der Waals surface area (Å²) in [6.45, 7) is 2.30. The van der Waals surface area contributed by atoms with Crippen LogP contribution < -0.4 is 5.32 Å². The average Bonchev–Trinajstić information content (AvgIpc) is 2.28. The molecule has 94 valence electrons. The summed E-state index contributed by atoms with van der Waals surface area (Å²) in [5.74, 6) is -0.402. The Hall–Kier alpha value is -1.26. The minimum absolute atomic E-state index is 0.0225. The van der Waals surface area contributed by atoms with Crippen LogP contribution in [0.1, 0.15) is 13.3 Å². The molecule has 0 saturated carbocycles. The lowest BCUT2D eigenvalue weighted by Gasteiger charge is -2.12. The van der Waals surface area contributed by atoms with Crippen LogP contribution in [0.25, 0.3) is 0 Å². The number of nitrogens with one attached hydrogen (secondary N) is 1. The molecule has 2 N–H and O–H groups in total. The van der Waals surface area contributed by atoms with Crippen molar-refractivity contribution in [2.24, 2.45) is 0 Å². The molecule has 0 bridgehead atoms. The molecule has 1 rings (SSSR count). The first-order chi connectivity index (χ1) is 8.13. The molecular weight excluding hydrogens is 242 g/mol. The van der Waals surface area contributed by atoms with Crippen molar-refractivity contribution < 1.29 is 14.6 Å². The normalized spacial score (nSPS) is 11.9. The number of hydrogen-bond donors (Lipinski definition) is 2. The zero-order valence-electron chi connectivity index (χ0n) is 9.65. The Morgan fingerprint density at radius 1 is 1.53 bits per heavy atom. The van der Waals surface area contributed by atoms with E-state index in [-0.39, 0.29) is 13.0 Å². The molecule has 0 amide bonds. The minimum Gasteiger partial charge on any atom is -0.466 e.